The van der Waals surface area contributed by atoms with Gasteiger partial charge in [0, 0.05) is 19.2 Å². The van der Waals surface area contributed by atoms with E-state index < -0.39 is 14.4 Å². The molecule has 0 amide bonds. The zero-order valence-electron chi connectivity index (χ0n) is 13.6. The molecule has 0 spiro atoms. The van der Waals surface area contributed by atoms with Gasteiger partial charge in [-0.05, 0) is 18.2 Å². The molecule has 2 aromatic rings. The van der Waals surface area contributed by atoms with Gasteiger partial charge in [0.15, 0.2) is 0 Å². The highest BCUT2D eigenvalue weighted by Gasteiger charge is 2.22. The van der Waals surface area contributed by atoms with E-state index in [9.17, 15) is 0 Å². The van der Waals surface area contributed by atoms with Crippen LogP contribution in [0.3, 0.4) is 0 Å². The fourth-order valence-electron chi connectivity index (χ4n) is 2.41. The molecular formula is C16H21BrN2O3Si. The first-order valence-electron chi connectivity index (χ1n) is 7.62. The van der Waals surface area contributed by atoms with Crippen molar-refractivity contribution in [3.63, 3.8) is 0 Å². The largest absolute Gasteiger partial charge is 0.455 e. The topological polar surface area (TPSA) is 45.5 Å². The van der Waals surface area contributed by atoms with Crippen molar-refractivity contribution in [2.24, 2.45) is 0 Å². The summed E-state index contributed by atoms with van der Waals surface area (Å²) in [5.74, 6) is 0. The molecule has 0 radical (unpaired) electrons. The molecular weight excluding hydrogens is 376 g/mol. The van der Waals surface area contributed by atoms with Crippen molar-refractivity contribution >= 4 is 35.0 Å². The van der Waals surface area contributed by atoms with E-state index in [-0.39, 0.29) is 0 Å². The van der Waals surface area contributed by atoms with Gasteiger partial charge in [-0.1, -0.05) is 35.6 Å². The number of benzene rings is 1. The van der Waals surface area contributed by atoms with Crippen molar-refractivity contribution in [1.82, 2.24) is 9.55 Å². The van der Waals surface area contributed by atoms with Gasteiger partial charge in [-0.15, -0.1) is 0 Å². The summed E-state index contributed by atoms with van der Waals surface area (Å²) in [6.07, 6.45) is 4.48. The standard InChI is InChI=1S/C16H21BrN2O3Si/c1-23(2,3)7-6-20-11-19-10-18-14-9-12(17)8-13(15(14)19)16-21-4-5-22-16/h4-5,8-10,16H,6-7,11H2,1-3H3. The van der Waals surface area contributed by atoms with Crippen LogP contribution in [0.15, 0.2) is 35.5 Å². The van der Waals surface area contributed by atoms with Crippen LogP contribution < -0.4 is 0 Å². The number of ether oxygens (including phenoxy) is 3. The lowest BCUT2D eigenvalue weighted by atomic mass is 10.1. The minimum absolute atomic E-state index is 0.438. The van der Waals surface area contributed by atoms with Crippen LogP contribution in [0.2, 0.25) is 25.7 Å². The molecule has 1 aliphatic rings. The molecule has 0 saturated carbocycles. The predicted octanol–water partition coefficient (Wildman–Crippen LogP) is 4.63. The van der Waals surface area contributed by atoms with E-state index in [4.69, 9.17) is 14.2 Å². The number of nitrogens with zero attached hydrogens (tertiary/aromatic N) is 2. The molecule has 5 nitrogen and oxygen atoms in total. The zero-order valence-corrected chi connectivity index (χ0v) is 16.2. The van der Waals surface area contributed by atoms with Gasteiger partial charge in [-0.25, -0.2) is 4.98 Å². The third-order valence-corrected chi connectivity index (χ3v) is 5.81. The number of aromatic nitrogens is 2. The molecule has 1 aromatic heterocycles. The minimum atomic E-state index is -1.08. The number of hydrogen-bond acceptors (Lipinski definition) is 4. The Morgan fingerprint density at radius 3 is 2.70 bits per heavy atom. The molecule has 0 bridgehead atoms. The first kappa shape index (κ1) is 16.5. The normalized spacial score (nSPS) is 15.1. The van der Waals surface area contributed by atoms with Gasteiger partial charge in [0.2, 0.25) is 0 Å². The maximum atomic E-state index is 5.86. The summed E-state index contributed by atoms with van der Waals surface area (Å²) in [7, 11) is -1.08. The smallest absolute Gasteiger partial charge is 0.268 e. The van der Waals surface area contributed by atoms with E-state index >= 15 is 0 Å². The Kier molecular flexibility index (Phi) is 4.79. The van der Waals surface area contributed by atoms with E-state index in [0.29, 0.717) is 6.73 Å². The second-order valence-corrected chi connectivity index (χ2v) is 13.3. The van der Waals surface area contributed by atoms with Crippen LogP contribution in [-0.4, -0.2) is 24.2 Å². The highest BCUT2D eigenvalue weighted by Crippen LogP contribution is 2.33. The fourth-order valence-corrected chi connectivity index (χ4v) is 3.63. The quantitative estimate of drug-likeness (QED) is 0.527. The Labute approximate surface area is 145 Å². The summed E-state index contributed by atoms with van der Waals surface area (Å²) < 4.78 is 19.8. The number of imidazole rings is 1. The molecule has 7 heteroatoms. The van der Waals surface area contributed by atoms with E-state index in [1.165, 1.54) is 0 Å². The lowest BCUT2D eigenvalue weighted by Crippen LogP contribution is -2.22. The lowest BCUT2D eigenvalue weighted by Gasteiger charge is -2.17. The molecule has 0 fully saturated rings. The molecule has 0 aliphatic carbocycles. The van der Waals surface area contributed by atoms with E-state index in [2.05, 4.69) is 40.6 Å². The molecule has 0 N–H and O–H groups in total. The average Bonchev–Trinajstić information content (AvgIpc) is 3.11. The number of hydrogen-bond donors (Lipinski definition) is 0. The molecule has 0 saturated heterocycles. The Morgan fingerprint density at radius 2 is 2.00 bits per heavy atom. The van der Waals surface area contributed by atoms with Gasteiger partial charge in [-0.3, -0.25) is 0 Å². The van der Waals surface area contributed by atoms with Crippen LogP contribution in [0.25, 0.3) is 11.0 Å². The second kappa shape index (κ2) is 6.66. The van der Waals surface area contributed by atoms with Gasteiger partial charge in [0.25, 0.3) is 6.29 Å². The van der Waals surface area contributed by atoms with Gasteiger partial charge < -0.3 is 18.8 Å². The Hall–Kier alpha value is -1.31. The molecule has 0 unspecified atom stereocenters. The van der Waals surface area contributed by atoms with Crippen LogP contribution in [0.4, 0.5) is 0 Å². The van der Waals surface area contributed by atoms with Crippen molar-refractivity contribution in [3.05, 3.63) is 41.0 Å². The summed E-state index contributed by atoms with van der Waals surface area (Å²) in [4.78, 5) is 4.47. The number of halogens is 1. The van der Waals surface area contributed by atoms with Gasteiger partial charge in [0.1, 0.15) is 19.3 Å². The van der Waals surface area contributed by atoms with Crippen molar-refractivity contribution in [1.29, 1.82) is 0 Å². The molecule has 1 aromatic carbocycles. The zero-order chi connectivity index (χ0) is 16.4. The van der Waals surface area contributed by atoms with Crippen molar-refractivity contribution in [3.8, 4) is 0 Å². The van der Waals surface area contributed by atoms with Crippen molar-refractivity contribution in [2.75, 3.05) is 6.61 Å². The Morgan fingerprint density at radius 1 is 1.26 bits per heavy atom. The van der Waals surface area contributed by atoms with E-state index in [0.717, 1.165) is 33.7 Å². The summed E-state index contributed by atoms with van der Waals surface area (Å²) in [5, 5.41) is 0. The van der Waals surface area contributed by atoms with Crippen LogP contribution in [0.1, 0.15) is 11.9 Å². The second-order valence-electron chi connectivity index (χ2n) is 6.80. The van der Waals surface area contributed by atoms with Crippen LogP contribution in [-0.2, 0) is 20.9 Å². The third-order valence-electron chi connectivity index (χ3n) is 3.65. The lowest BCUT2D eigenvalue weighted by molar-refractivity contribution is -0.0239. The van der Waals surface area contributed by atoms with Gasteiger partial charge >= 0.3 is 0 Å². The molecule has 1 aliphatic heterocycles. The third kappa shape index (κ3) is 3.96. The van der Waals surface area contributed by atoms with Crippen LogP contribution >= 0.6 is 15.9 Å². The maximum Gasteiger partial charge on any atom is 0.268 e. The van der Waals surface area contributed by atoms with Crippen LogP contribution in [0, 0.1) is 0 Å². The summed E-state index contributed by atoms with van der Waals surface area (Å²) in [6, 6.07) is 5.14. The Balaban J connectivity index is 1.81. The summed E-state index contributed by atoms with van der Waals surface area (Å²) in [5.41, 5.74) is 2.81. The first-order chi connectivity index (χ1) is 10.9. The number of rotatable bonds is 6. The summed E-state index contributed by atoms with van der Waals surface area (Å²) >= 11 is 3.52. The average molecular weight is 397 g/mol. The SMILES string of the molecule is C[Si](C)(C)CCOCn1cnc2cc(Br)cc(C3OC=CO3)c21. The first-order valence-corrected chi connectivity index (χ1v) is 12.1. The number of fused-ring (bicyclic) bond motifs is 1. The monoisotopic (exact) mass is 396 g/mol. The fraction of sp³-hybridized carbons (Fsp3) is 0.438. The van der Waals surface area contributed by atoms with E-state index in [1.54, 1.807) is 18.9 Å². The minimum Gasteiger partial charge on any atom is -0.455 e. The van der Waals surface area contributed by atoms with Gasteiger partial charge in [0.05, 0.1) is 22.9 Å². The predicted molar refractivity (Wildman–Crippen MR) is 95.6 cm³/mol. The van der Waals surface area contributed by atoms with E-state index in [1.807, 2.05) is 16.7 Å². The molecule has 124 valence electrons. The molecule has 23 heavy (non-hydrogen) atoms. The highest BCUT2D eigenvalue weighted by atomic mass is 79.9. The molecule has 3 rings (SSSR count). The molecule has 0 atom stereocenters. The summed E-state index contributed by atoms with van der Waals surface area (Å²) in [6.45, 7) is 8.30. The highest BCUT2D eigenvalue weighted by molar-refractivity contribution is 9.10. The van der Waals surface area contributed by atoms with Crippen molar-refractivity contribution in [2.45, 2.75) is 38.7 Å². The van der Waals surface area contributed by atoms with Crippen molar-refractivity contribution < 1.29 is 14.2 Å². The van der Waals surface area contributed by atoms with Gasteiger partial charge in [-0.2, -0.15) is 0 Å². The maximum absolute atomic E-state index is 5.86. The Bertz CT molecular complexity index is 716. The molecule has 2 heterocycles. The van der Waals surface area contributed by atoms with Crippen LogP contribution in [0.5, 0.6) is 0 Å².